The number of benzene rings is 1. The highest BCUT2D eigenvalue weighted by atomic mass is 16.6. The van der Waals surface area contributed by atoms with E-state index in [1.807, 2.05) is 25.1 Å². The predicted molar refractivity (Wildman–Crippen MR) is 85.8 cm³/mol. The van der Waals surface area contributed by atoms with E-state index in [4.69, 9.17) is 14.2 Å². The van der Waals surface area contributed by atoms with Crippen molar-refractivity contribution in [2.24, 2.45) is 0 Å². The number of carbonyl (C=O) groups is 1. The van der Waals surface area contributed by atoms with Crippen molar-refractivity contribution in [3.8, 4) is 11.5 Å². The van der Waals surface area contributed by atoms with Gasteiger partial charge >= 0.3 is 0 Å². The van der Waals surface area contributed by atoms with Gasteiger partial charge in [-0.3, -0.25) is 4.79 Å². The third kappa shape index (κ3) is 4.36. The van der Waals surface area contributed by atoms with Crippen molar-refractivity contribution in [1.82, 2.24) is 10.6 Å². The smallest absolute Gasteiger partial charge is 0.234 e. The molecular formula is C17H24N2O4. The zero-order chi connectivity index (χ0) is 16.1. The van der Waals surface area contributed by atoms with E-state index in [0.29, 0.717) is 19.8 Å². The SMILES string of the molecule is CC(NC(=O)CNCC1CCCO1)c1ccc2c(c1)OCCO2. The summed E-state index contributed by atoms with van der Waals surface area (Å²) in [5.41, 5.74) is 1.00. The lowest BCUT2D eigenvalue weighted by Gasteiger charge is -2.21. The molecule has 2 heterocycles. The second kappa shape index (κ2) is 7.66. The van der Waals surface area contributed by atoms with Crippen molar-refractivity contribution in [2.75, 3.05) is 32.9 Å². The minimum atomic E-state index is -0.0807. The standard InChI is InChI=1S/C17H24N2O4/c1-12(13-4-5-15-16(9-13)23-8-7-22-15)19-17(20)11-18-10-14-3-2-6-21-14/h4-5,9,12,14,18H,2-3,6-8,10-11H2,1H3,(H,19,20). The van der Waals surface area contributed by atoms with Crippen LogP contribution in [0.4, 0.5) is 0 Å². The first-order chi connectivity index (χ1) is 11.2. The number of rotatable bonds is 6. The van der Waals surface area contributed by atoms with Gasteiger partial charge in [0.25, 0.3) is 0 Å². The van der Waals surface area contributed by atoms with Gasteiger partial charge in [0.1, 0.15) is 13.2 Å². The van der Waals surface area contributed by atoms with E-state index in [9.17, 15) is 4.79 Å². The number of amides is 1. The van der Waals surface area contributed by atoms with Crippen LogP contribution in [-0.4, -0.2) is 44.9 Å². The van der Waals surface area contributed by atoms with Crippen LogP contribution >= 0.6 is 0 Å². The summed E-state index contributed by atoms with van der Waals surface area (Å²) in [7, 11) is 0. The molecule has 0 aromatic heterocycles. The van der Waals surface area contributed by atoms with Crippen LogP contribution in [0.3, 0.4) is 0 Å². The van der Waals surface area contributed by atoms with Gasteiger partial charge in [0.15, 0.2) is 11.5 Å². The van der Waals surface area contributed by atoms with Crippen LogP contribution in [0.2, 0.25) is 0 Å². The van der Waals surface area contributed by atoms with Crippen LogP contribution in [0.5, 0.6) is 11.5 Å². The molecule has 1 aromatic carbocycles. The third-order valence-corrected chi connectivity index (χ3v) is 4.13. The molecule has 2 unspecified atom stereocenters. The maximum absolute atomic E-state index is 12.0. The molecule has 0 radical (unpaired) electrons. The molecule has 2 aliphatic heterocycles. The lowest BCUT2D eigenvalue weighted by molar-refractivity contribution is -0.120. The molecule has 6 heteroatoms. The van der Waals surface area contributed by atoms with Gasteiger partial charge in [0, 0.05) is 13.2 Å². The zero-order valence-corrected chi connectivity index (χ0v) is 13.5. The van der Waals surface area contributed by atoms with E-state index < -0.39 is 0 Å². The molecule has 1 fully saturated rings. The van der Waals surface area contributed by atoms with E-state index >= 15 is 0 Å². The van der Waals surface area contributed by atoms with Crippen molar-refractivity contribution in [3.05, 3.63) is 23.8 Å². The number of carbonyl (C=O) groups excluding carboxylic acids is 1. The first-order valence-corrected chi connectivity index (χ1v) is 8.23. The Kier molecular flexibility index (Phi) is 5.35. The van der Waals surface area contributed by atoms with Gasteiger partial charge in [-0.05, 0) is 37.5 Å². The van der Waals surface area contributed by atoms with Gasteiger partial charge in [-0.2, -0.15) is 0 Å². The summed E-state index contributed by atoms with van der Waals surface area (Å²) in [5.74, 6) is 1.48. The highest BCUT2D eigenvalue weighted by molar-refractivity contribution is 5.78. The molecule has 0 bridgehead atoms. The summed E-state index contributed by atoms with van der Waals surface area (Å²) in [6.45, 7) is 4.96. The number of fused-ring (bicyclic) bond motifs is 1. The number of hydrogen-bond acceptors (Lipinski definition) is 5. The van der Waals surface area contributed by atoms with Crippen LogP contribution in [0.25, 0.3) is 0 Å². The van der Waals surface area contributed by atoms with Gasteiger partial charge in [0.05, 0.1) is 18.7 Å². The van der Waals surface area contributed by atoms with Gasteiger partial charge < -0.3 is 24.8 Å². The largest absolute Gasteiger partial charge is 0.486 e. The fraction of sp³-hybridized carbons (Fsp3) is 0.588. The molecule has 1 amide bonds. The Bertz CT molecular complexity index is 543. The average molecular weight is 320 g/mol. The molecule has 126 valence electrons. The van der Waals surface area contributed by atoms with E-state index in [1.165, 1.54) is 0 Å². The van der Waals surface area contributed by atoms with Gasteiger partial charge in [-0.15, -0.1) is 0 Å². The number of ether oxygens (including phenoxy) is 3. The summed E-state index contributed by atoms with van der Waals surface area (Å²) in [6, 6.07) is 5.70. The van der Waals surface area contributed by atoms with Gasteiger partial charge in [-0.1, -0.05) is 6.07 Å². The summed E-state index contributed by atoms with van der Waals surface area (Å²) < 4.78 is 16.6. The molecule has 2 atom stereocenters. The molecule has 2 N–H and O–H groups in total. The molecule has 0 spiro atoms. The van der Waals surface area contributed by atoms with E-state index in [0.717, 1.165) is 43.1 Å². The summed E-state index contributed by atoms with van der Waals surface area (Å²) >= 11 is 0. The summed E-state index contributed by atoms with van der Waals surface area (Å²) in [6.07, 6.45) is 2.43. The average Bonchev–Trinajstić information content (AvgIpc) is 3.07. The van der Waals surface area contributed by atoms with Crippen molar-refractivity contribution < 1.29 is 19.0 Å². The quantitative estimate of drug-likeness (QED) is 0.829. The second-order valence-corrected chi connectivity index (χ2v) is 5.96. The van der Waals surface area contributed by atoms with Crippen LogP contribution in [-0.2, 0) is 9.53 Å². The molecular weight excluding hydrogens is 296 g/mol. The van der Waals surface area contributed by atoms with E-state index in [1.54, 1.807) is 0 Å². The number of hydrogen-bond donors (Lipinski definition) is 2. The first-order valence-electron chi connectivity index (χ1n) is 8.23. The van der Waals surface area contributed by atoms with Crippen molar-refractivity contribution in [3.63, 3.8) is 0 Å². The van der Waals surface area contributed by atoms with Crippen LogP contribution in [0, 0.1) is 0 Å². The molecule has 1 aromatic rings. The Morgan fingerprint density at radius 1 is 1.26 bits per heavy atom. The van der Waals surface area contributed by atoms with E-state index in [-0.39, 0.29) is 18.1 Å². The zero-order valence-electron chi connectivity index (χ0n) is 13.5. The Hall–Kier alpha value is -1.79. The molecule has 2 aliphatic rings. The maximum Gasteiger partial charge on any atom is 0.234 e. The maximum atomic E-state index is 12.0. The fourth-order valence-corrected chi connectivity index (χ4v) is 2.86. The van der Waals surface area contributed by atoms with Crippen molar-refractivity contribution in [2.45, 2.75) is 31.9 Å². The van der Waals surface area contributed by atoms with Gasteiger partial charge in [0.2, 0.25) is 5.91 Å². The topological polar surface area (TPSA) is 68.8 Å². The Balaban J connectivity index is 1.46. The number of nitrogens with one attached hydrogen (secondary N) is 2. The highest BCUT2D eigenvalue weighted by Crippen LogP contribution is 2.32. The summed E-state index contributed by atoms with van der Waals surface area (Å²) in [4.78, 5) is 12.0. The molecule has 23 heavy (non-hydrogen) atoms. The Morgan fingerprint density at radius 2 is 2.09 bits per heavy atom. The van der Waals surface area contributed by atoms with Crippen LogP contribution < -0.4 is 20.1 Å². The van der Waals surface area contributed by atoms with Gasteiger partial charge in [-0.25, -0.2) is 0 Å². The fourth-order valence-electron chi connectivity index (χ4n) is 2.86. The van der Waals surface area contributed by atoms with E-state index in [2.05, 4.69) is 10.6 Å². The molecule has 6 nitrogen and oxygen atoms in total. The molecule has 0 saturated carbocycles. The lowest BCUT2D eigenvalue weighted by atomic mass is 10.1. The predicted octanol–water partition coefficient (Wildman–Crippen LogP) is 1.40. The minimum Gasteiger partial charge on any atom is -0.486 e. The minimum absolute atomic E-state index is 0.0228. The first kappa shape index (κ1) is 16.1. The Labute approximate surface area is 136 Å². The van der Waals surface area contributed by atoms with Crippen molar-refractivity contribution >= 4 is 5.91 Å². The summed E-state index contributed by atoms with van der Waals surface area (Å²) in [5, 5.41) is 6.14. The van der Waals surface area contributed by atoms with Crippen molar-refractivity contribution in [1.29, 1.82) is 0 Å². The Morgan fingerprint density at radius 3 is 2.87 bits per heavy atom. The lowest BCUT2D eigenvalue weighted by Crippen LogP contribution is -2.38. The monoisotopic (exact) mass is 320 g/mol. The molecule has 0 aliphatic carbocycles. The molecule has 1 saturated heterocycles. The third-order valence-electron chi connectivity index (χ3n) is 4.13. The molecule has 3 rings (SSSR count). The normalized spacial score (nSPS) is 21.0. The van der Waals surface area contributed by atoms with Crippen LogP contribution in [0.15, 0.2) is 18.2 Å². The second-order valence-electron chi connectivity index (χ2n) is 5.96. The highest BCUT2D eigenvalue weighted by Gasteiger charge is 2.17. The van der Waals surface area contributed by atoms with Crippen LogP contribution in [0.1, 0.15) is 31.4 Å².